The van der Waals surface area contributed by atoms with Gasteiger partial charge >= 0.3 is 5.97 Å². The SMILES string of the molecule is CC(=O)NC(CNCCOCC1CC1)C(=O)O. The van der Waals surface area contributed by atoms with Crippen LogP contribution in [0.25, 0.3) is 0 Å². The summed E-state index contributed by atoms with van der Waals surface area (Å²) in [6.07, 6.45) is 2.52. The standard InChI is InChI=1S/C11H20N2O4/c1-8(14)13-10(11(15)16)6-12-4-5-17-7-9-2-3-9/h9-10,12H,2-7H2,1H3,(H,13,14)(H,15,16). The minimum atomic E-state index is -1.04. The molecule has 6 heteroatoms. The van der Waals surface area contributed by atoms with Gasteiger partial charge in [-0.05, 0) is 18.8 Å². The van der Waals surface area contributed by atoms with Gasteiger partial charge in [-0.1, -0.05) is 0 Å². The first-order valence-corrected chi connectivity index (χ1v) is 5.88. The average Bonchev–Trinajstić information content (AvgIpc) is 3.04. The van der Waals surface area contributed by atoms with Gasteiger partial charge < -0.3 is 20.5 Å². The number of carbonyl (C=O) groups excluding carboxylic acids is 1. The third kappa shape index (κ3) is 6.91. The minimum absolute atomic E-state index is 0.210. The van der Waals surface area contributed by atoms with E-state index in [1.165, 1.54) is 19.8 Å². The molecule has 0 aliphatic heterocycles. The zero-order chi connectivity index (χ0) is 12.7. The number of carboxylic acids is 1. The molecule has 17 heavy (non-hydrogen) atoms. The van der Waals surface area contributed by atoms with E-state index >= 15 is 0 Å². The fourth-order valence-electron chi connectivity index (χ4n) is 1.37. The Morgan fingerprint density at radius 3 is 2.71 bits per heavy atom. The van der Waals surface area contributed by atoms with Crippen molar-refractivity contribution in [2.45, 2.75) is 25.8 Å². The Balaban J connectivity index is 2.00. The zero-order valence-corrected chi connectivity index (χ0v) is 10.1. The maximum Gasteiger partial charge on any atom is 0.327 e. The molecule has 1 fully saturated rings. The lowest BCUT2D eigenvalue weighted by molar-refractivity contribution is -0.141. The second-order valence-corrected chi connectivity index (χ2v) is 4.31. The number of hydrogen-bond donors (Lipinski definition) is 3. The fraction of sp³-hybridized carbons (Fsp3) is 0.818. The smallest absolute Gasteiger partial charge is 0.327 e. The molecule has 0 radical (unpaired) electrons. The quantitative estimate of drug-likeness (QED) is 0.480. The molecule has 0 heterocycles. The number of nitrogens with one attached hydrogen (secondary N) is 2. The summed E-state index contributed by atoms with van der Waals surface area (Å²) >= 11 is 0. The lowest BCUT2D eigenvalue weighted by Gasteiger charge is -2.14. The molecule has 0 saturated heterocycles. The van der Waals surface area contributed by atoms with Crippen LogP contribution in [-0.2, 0) is 14.3 Å². The van der Waals surface area contributed by atoms with E-state index in [0.29, 0.717) is 13.2 Å². The van der Waals surface area contributed by atoms with Gasteiger partial charge in [-0.15, -0.1) is 0 Å². The normalized spacial score (nSPS) is 16.5. The monoisotopic (exact) mass is 244 g/mol. The van der Waals surface area contributed by atoms with Crippen LogP contribution in [0.5, 0.6) is 0 Å². The molecular weight excluding hydrogens is 224 g/mol. The largest absolute Gasteiger partial charge is 0.480 e. The Morgan fingerprint density at radius 1 is 1.47 bits per heavy atom. The van der Waals surface area contributed by atoms with Crippen LogP contribution in [0.4, 0.5) is 0 Å². The highest BCUT2D eigenvalue weighted by atomic mass is 16.5. The Morgan fingerprint density at radius 2 is 2.18 bits per heavy atom. The second kappa shape index (κ2) is 7.24. The fourth-order valence-corrected chi connectivity index (χ4v) is 1.37. The Kier molecular flexibility index (Phi) is 5.93. The lowest BCUT2D eigenvalue weighted by atomic mass is 10.3. The van der Waals surface area contributed by atoms with Gasteiger partial charge in [-0.2, -0.15) is 0 Å². The van der Waals surface area contributed by atoms with Crippen molar-refractivity contribution in [2.75, 3.05) is 26.3 Å². The topological polar surface area (TPSA) is 87.7 Å². The molecule has 1 amide bonds. The van der Waals surface area contributed by atoms with E-state index in [1.807, 2.05) is 0 Å². The van der Waals surface area contributed by atoms with Crippen molar-refractivity contribution in [3.8, 4) is 0 Å². The summed E-state index contributed by atoms with van der Waals surface area (Å²) in [6, 6.07) is -0.879. The number of carbonyl (C=O) groups is 2. The molecule has 0 spiro atoms. The van der Waals surface area contributed by atoms with Crippen molar-refractivity contribution < 1.29 is 19.4 Å². The molecule has 0 aromatic carbocycles. The first-order chi connectivity index (χ1) is 8.09. The summed E-state index contributed by atoms with van der Waals surface area (Å²) in [6.45, 7) is 3.48. The molecular formula is C11H20N2O4. The molecule has 1 unspecified atom stereocenters. The molecule has 1 atom stereocenters. The van der Waals surface area contributed by atoms with Gasteiger partial charge in [0.2, 0.25) is 5.91 Å². The third-order valence-electron chi connectivity index (χ3n) is 2.50. The van der Waals surface area contributed by atoms with Gasteiger partial charge in [0.25, 0.3) is 0 Å². The zero-order valence-electron chi connectivity index (χ0n) is 10.1. The Bertz CT molecular complexity index is 266. The number of carboxylic acid groups (broad SMARTS) is 1. The third-order valence-corrected chi connectivity index (χ3v) is 2.50. The van der Waals surface area contributed by atoms with E-state index in [-0.39, 0.29) is 12.5 Å². The number of amides is 1. The van der Waals surface area contributed by atoms with Crippen molar-refractivity contribution >= 4 is 11.9 Å². The van der Waals surface area contributed by atoms with Crippen molar-refractivity contribution in [1.29, 1.82) is 0 Å². The summed E-state index contributed by atoms with van der Waals surface area (Å²) in [4.78, 5) is 21.5. The predicted molar refractivity (Wildman–Crippen MR) is 61.7 cm³/mol. The molecule has 0 bridgehead atoms. The lowest BCUT2D eigenvalue weighted by Crippen LogP contribution is -2.47. The second-order valence-electron chi connectivity index (χ2n) is 4.31. The van der Waals surface area contributed by atoms with Crippen LogP contribution in [0.1, 0.15) is 19.8 Å². The highest BCUT2D eigenvalue weighted by Crippen LogP contribution is 2.28. The van der Waals surface area contributed by atoms with Crippen molar-refractivity contribution in [3.63, 3.8) is 0 Å². The van der Waals surface area contributed by atoms with E-state index in [0.717, 1.165) is 12.5 Å². The Hall–Kier alpha value is -1.14. The first-order valence-electron chi connectivity index (χ1n) is 5.88. The van der Waals surface area contributed by atoms with Gasteiger partial charge in [0.05, 0.1) is 6.61 Å². The van der Waals surface area contributed by atoms with Gasteiger partial charge in [-0.3, -0.25) is 4.79 Å². The molecule has 6 nitrogen and oxygen atoms in total. The molecule has 1 aliphatic rings. The molecule has 0 aromatic heterocycles. The number of rotatable bonds is 9. The van der Waals surface area contributed by atoms with E-state index in [4.69, 9.17) is 9.84 Å². The van der Waals surface area contributed by atoms with Gasteiger partial charge in [0.15, 0.2) is 0 Å². The highest BCUT2D eigenvalue weighted by Gasteiger charge is 2.21. The van der Waals surface area contributed by atoms with Crippen molar-refractivity contribution in [2.24, 2.45) is 5.92 Å². The number of aliphatic carboxylic acids is 1. The maximum atomic E-state index is 10.8. The number of hydrogen-bond acceptors (Lipinski definition) is 4. The Labute approximate surface area is 101 Å². The van der Waals surface area contributed by atoms with Gasteiger partial charge in [0, 0.05) is 26.6 Å². The van der Waals surface area contributed by atoms with Crippen LogP contribution in [-0.4, -0.2) is 49.3 Å². The van der Waals surface area contributed by atoms with Crippen LogP contribution < -0.4 is 10.6 Å². The molecule has 1 rings (SSSR count). The predicted octanol–water partition coefficient (Wildman–Crippen LogP) is -0.408. The van der Waals surface area contributed by atoms with Crippen LogP contribution in [0.15, 0.2) is 0 Å². The van der Waals surface area contributed by atoms with Crippen molar-refractivity contribution in [3.05, 3.63) is 0 Å². The summed E-state index contributed by atoms with van der Waals surface area (Å²) in [7, 11) is 0. The van der Waals surface area contributed by atoms with Gasteiger partial charge in [0.1, 0.15) is 6.04 Å². The summed E-state index contributed by atoms with van der Waals surface area (Å²) < 4.78 is 5.38. The molecule has 3 N–H and O–H groups in total. The summed E-state index contributed by atoms with van der Waals surface area (Å²) in [5.41, 5.74) is 0. The van der Waals surface area contributed by atoms with Crippen LogP contribution in [0, 0.1) is 5.92 Å². The minimum Gasteiger partial charge on any atom is -0.480 e. The van der Waals surface area contributed by atoms with Crippen LogP contribution in [0.2, 0.25) is 0 Å². The van der Waals surface area contributed by atoms with Gasteiger partial charge in [-0.25, -0.2) is 4.79 Å². The maximum absolute atomic E-state index is 10.8. The van der Waals surface area contributed by atoms with E-state index in [2.05, 4.69) is 10.6 Å². The number of ether oxygens (including phenoxy) is 1. The first kappa shape index (κ1) is 13.9. The molecule has 1 aliphatic carbocycles. The van der Waals surface area contributed by atoms with E-state index < -0.39 is 12.0 Å². The van der Waals surface area contributed by atoms with Crippen LogP contribution >= 0.6 is 0 Å². The van der Waals surface area contributed by atoms with E-state index in [1.54, 1.807) is 0 Å². The average molecular weight is 244 g/mol. The summed E-state index contributed by atoms with van der Waals surface area (Å²) in [5.74, 6) is -0.642. The van der Waals surface area contributed by atoms with Crippen LogP contribution in [0.3, 0.4) is 0 Å². The molecule has 0 aromatic rings. The molecule has 1 saturated carbocycles. The highest BCUT2D eigenvalue weighted by molar-refractivity contribution is 5.82. The van der Waals surface area contributed by atoms with E-state index in [9.17, 15) is 9.59 Å². The molecule has 98 valence electrons. The van der Waals surface area contributed by atoms with Crippen molar-refractivity contribution in [1.82, 2.24) is 10.6 Å². The summed E-state index contributed by atoms with van der Waals surface area (Å²) in [5, 5.41) is 14.1.